The van der Waals surface area contributed by atoms with Crippen LogP contribution in [0.1, 0.15) is 20.8 Å². The Labute approximate surface area is 177 Å². The van der Waals surface area contributed by atoms with E-state index in [1.54, 1.807) is 17.8 Å². The number of carbonyl (C=O) groups is 1. The Bertz CT molecular complexity index is 1120. The first-order valence-electron chi connectivity index (χ1n) is 9.04. The van der Waals surface area contributed by atoms with E-state index in [1.165, 1.54) is 21.8 Å². The molecule has 4 rings (SSSR count). The molecule has 29 heavy (non-hydrogen) atoms. The maximum Gasteiger partial charge on any atom is 0.261 e. The number of thiophene rings is 1. The number of rotatable bonds is 6. The number of hydrogen-bond acceptors (Lipinski definition) is 6. The second kappa shape index (κ2) is 8.63. The summed E-state index contributed by atoms with van der Waals surface area (Å²) in [5.41, 5.74) is 3.10. The summed E-state index contributed by atoms with van der Waals surface area (Å²) in [5, 5.41) is 7.01. The largest absolute Gasteiger partial charge is 0.347 e. The molecule has 0 atom stereocenters. The normalized spacial score (nSPS) is 10.8. The van der Waals surface area contributed by atoms with Crippen LogP contribution in [-0.2, 0) is 6.54 Å². The molecule has 0 fully saturated rings. The number of benzene rings is 2. The van der Waals surface area contributed by atoms with Gasteiger partial charge in [-0.2, -0.15) is 4.98 Å². The number of nitrogens with one attached hydrogen (secondary N) is 1. The molecule has 0 aliphatic rings. The first-order chi connectivity index (χ1) is 14.1. The maximum absolute atomic E-state index is 12.5. The van der Waals surface area contributed by atoms with Crippen molar-refractivity contribution in [1.29, 1.82) is 0 Å². The van der Waals surface area contributed by atoms with Crippen LogP contribution in [0.5, 0.6) is 0 Å². The van der Waals surface area contributed by atoms with Crippen molar-refractivity contribution in [2.75, 3.05) is 6.26 Å². The van der Waals surface area contributed by atoms with Crippen LogP contribution < -0.4 is 5.32 Å². The Morgan fingerprint density at radius 1 is 1.07 bits per heavy atom. The quantitative estimate of drug-likeness (QED) is 0.421. The van der Waals surface area contributed by atoms with Crippen LogP contribution in [0.15, 0.2) is 70.1 Å². The third-order valence-corrected chi connectivity index (χ3v) is 6.21. The van der Waals surface area contributed by atoms with Gasteiger partial charge in [0.25, 0.3) is 11.8 Å². The highest BCUT2D eigenvalue weighted by Crippen LogP contribution is 2.28. The lowest BCUT2D eigenvalue weighted by atomic mass is 10.1. The molecule has 0 spiro atoms. The molecule has 0 aliphatic heterocycles. The summed E-state index contributed by atoms with van der Waals surface area (Å²) in [6, 6.07) is 19.7. The van der Waals surface area contributed by atoms with Gasteiger partial charge in [0.2, 0.25) is 5.82 Å². The molecular weight excluding hydrogens is 402 g/mol. The van der Waals surface area contributed by atoms with Crippen LogP contribution in [0.2, 0.25) is 0 Å². The molecule has 1 amide bonds. The molecular formula is C22H19N3O2S2. The minimum Gasteiger partial charge on any atom is -0.347 e. The lowest BCUT2D eigenvalue weighted by Crippen LogP contribution is -2.21. The highest BCUT2D eigenvalue weighted by atomic mass is 32.2. The van der Waals surface area contributed by atoms with Crippen molar-refractivity contribution in [3.63, 3.8) is 0 Å². The molecule has 7 heteroatoms. The van der Waals surface area contributed by atoms with Gasteiger partial charge in [0, 0.05) is 17.0 Å². The Hall–Kier alpha value is -2.90. The van der Waals surface area contributed by atoms with Crippen molar-refractivity contribution in [1.82, 2.24) is 15.5 Å². The van der Waals surface area contributed by atoms with E-state index in [0.29, 0.717) is 23.1 Å². The third kappa shape index (κ3) is 4.58. The van der Waals surface area contributed by atoms with Crippen LogP contribution in [0.3, 0.4) is 0 Å². The van der Waals surface area contributed by atoms with Gasteiger partial charge in [0.05, 0.1) is 9.75 Å². The number of thioether (sulfide) groups is 1. The van der Waals surface area contributed by atoms with Crippen LogP contribution in [0.25, 0.3) is 22.2 Å². The Balaban J connectivity index is 1.42. The molecule has 4 aromatic rings. The fourth-order valence-electron chi connectivity index (χ4n) is 2.73. The van der Waals surface area contributed by atoms with Crippen LogP contribution in [0, 0.1) is 6.92 Å². The van der Waals surface area contributed by atoms with Gasteiger partial charge in [-0.1, -0.05) is 35.0 Å². The molecule has 2 aromatic carbocycles. The summed E-state index contributed by atoms with van der Waals surface area (Å²) in [7, 11) is 0. The lowest BCUT2D eigenvalue weighted by Gasteiger charge is -2.04. The van der Waals surface area contributed by atoms with Crippen molar-refractivity contribution >= 4 is 29.0 Å². The van der Waals surface area contributed by atoms with E-state index in [1.807, 2.05) is 55.6 Å². The highest BCUT2D eigenvalue weighted by molar-refractivity contribution is 7.98. The van der Waals surface area contributed by atoms with Gasteiger partial charge in [0.15, 0.2) is 0 Å². The van der Waals surface area contributed by atoms with Gasteiger partial charge in [-0.3, -0.25) is 4.79 Å². The second-order valence-corrected chi connectivity index (χ2v) is 8.45. The lowest BCUT2D eigenvalue weighted by molar-refractivity contribution is 0.0955. The van der Waals surface area contributed by atoms with Gasteiger partial charge in [-0.05, 0) is 55.1 Å². The predicted octanol–water partition coefficient (Wildman–Crippen LogP) is 5.43. The van der Waals surface area contributed by atoms with E-state index >= 15 is 0 Å². The summed E-state index contributed by atoms with van der Waals surface area (Å²) in [4.78, 5) is 19.5. The van der Waals surface area contributed by atoms with E-state index in [-0.39, 0.29) is 5.91 Å². The van der Waals surface area contributed by atoms with Crippen molar-refractivity contribution in [3.05, 3.63) is 76.7 Å². The van der Waals surface area contributed by atoms with E-state index in [4.69, 9.17) is 4.52 Å². The molecule has 0 unspecified atom stereocenters. The maximum atomic E-state index is 12.5. The predicted molar refractivity (Wildman–Crippen MR) is 117 cm³/mol. The standard InChI is InChI=1S/C22H19N3O2S2/c1-14-3-7-16(8-4-14)22-24-20(25-27-22)18-11-12-19(29-18)21(26)23-13-15-5-9-17(28-2)10-6-15/h3-12H,13H2,1-2H3,(H,23,26). The summed E-state index contributed by atoms with van der Waals surface area (Å²) in [5.74, 6) is 0.836. The number of aryl methyl sites for hydroxylation is 1. The number of aromatic nitrogens is 2. The Morgan fingerprint density at radius 2 is 1.83 bits per heavy atom. The number of amides is 1. The molecule has 2 heterocycles. The first kappa shape index (κ1) is 19.4. The zero-order valence-electron chi connectivity index (χ0n) is 16.0. The van der Waals surface area contributed by atoms with Crippen molar-refractivity contribution in [3.8, 4) is 22.2 Å². The smallest absolute Gasteiger partial charge is 0.261 e. The van der Waals surface area contributed by atoms with Crippen LogP contribution in [-0.4, -0.2) is 22.3 Å². The molecule has 0 aliphatic carbocycles. The summed E-state index contributed by atoms with van der Waals surface area (Å²) in [6.45, 7) is 2.51. The Kier molecular flexibility index (Phi) is 5.78. The topological polar surface area (TPSA) is 68.0 Å². The van der Waals surface area contributed by atoms with Crippen LogP contribution >= 0.6 is 23.1 Å². The highest BCUT2D eigenvalue weighted by Gasteiger charge is 2.15. The van der Waals surface area contributed by atoms with Gasteiger partial charge >= 0.3 is 0 Å². The fraction of sp³-hybridized carbons (Fsp3) is 0.136. The monoisotopic (exact) mass is 421 g/mol. The average Bonchev–Trinajstić information content (AvgIpc) is 3.43. The van der Waals surface area contributed by atoms with E-state index in [0.717, 1.165) is 16.0 Å². The van der Waals surface area contributed by atoms with E-state index < -0.39 is 0 Å². The van der Waals surface area contributed by atoms with Crippen molar-refractivity contribution in [2.24, 2.45) is 0 Å². The first-order valence-corrected chi connectivity index (χ1v) is 11.1. The second-order valence-electron chi connectivity index (χ2n) is 6.48. The molecule has 0 saturated heterocycles. The van der Waals surface area contributed by atoms with E-state index in [9.17, 15) is 4.79 Å². The van der Waals surface area contributed by atoms with Gasteiger partial charge in [-0.25, -0.2) is 0 Å². The van der Waals surface area contributed by atoms with Gasteiger partial charge < -0.3 is 9.84 Å². The molecule has 2 aromatic heterocycles. The Morgan fingerprint density at radius 3 is 2.55 bits per heavy atom. The summed E-state index contributed by atoms with van der Waals surface area (Å²) >= 11 is 3.04. The van der Waals surface area contributed by atoms with Crippen molar-refractivity contribution in [2.45, 2.75) is 18.4 Å². The summed E-state index contributed by atoms with van der Waals surface area (Å²) < 4.78 is 5.38. The molecule has 0 bridgehead atoms. The van der Waals surface area contributed by atoms with Gasteiger partial charge in [0.1, 0.15) is 0 Å². The van der Waals surface area contributed by atoms with E-state index in [2.05, 4.69) is 27.6 Å². The number of carbonyl (C=O) groups excluding carboxylic acids is 1. The molecule has 5 nitrogen and oxygen atoms in total. The van der Waals surface area contributed by atoms with Crippen molar-refractivity contribution < 1.29 is 9.32 Å². The molecule has 0 saturated carbocycles. The molecule has 146 valence electrons. The minimum atomic E-state index is -0.113. The fourth-order valence-corrected chi connectivity index (χ4v) is 3.99. The zero-order valence-corrected chi connectivity index (χ0v) is 17.6. The minimum absolute atomic E-state index is 0.113. The molecule has 0 radical (unpaired) electrons. The average molecular weight is 422 g/mol. The number of nitrogens with zero attached hydrogens (tertiary/aromatic N) is 2. The zero-order chi connectivity index (χ0) is 20.2. The summed E-state index contributed by atoms with van der Waals surface area (Å²) in [6.07, 6.45) is 2.04. The third-order valence-electron chi connectivity index (χ3n) is 4.39. The van der Waals surface area contributed by atoms with Gasteiger partial charge in [-0.15, -0.1) is 23.1 Å². The molecule has 1 N–H and O–H groups in total. The SMILES string of the molecule is CSc1ccc(CNC(=O)c2ccc(-c3noc(-c4ccc(C)cc4)n3)s2)cc1. The number of hydrogen-bond donors (Lipinski definition) is 1. The van der Waals surface area contributed by atoms with Crippen LogP contribution in [0.4, 0.5) is 0 Å².